The Hall–Kier alpha value is -2.14. The molecule has 6 heteroatoms. The first-order valence-electron chi connectivity index (χ1n) is 5.68. The lowest BCUT2D eigenvalue weighted by Gasteiger charge is -2.11. The molecule has 0 atom stereocenters. The minimum atomic E-state index is 0.206. The molecular formula is C13H15ClN4O. The van der Waals surface area contributed by atoms with Crippen LogP contribution in [0.3, 0.4) is 0 Å². The molecule has 0 aliphatic carbocycles. The minimum absolute atomic E-state index is 0.206. The number of benzene rings is 1. The van der Waals surface area contributed by atoms with Crippen molar-refractivity contribution in [2.24, 2.45) is 0 Å². The number of nitrogen functional groups attached to an aromatic ring is 2. The lowest BCUT2D eigenvalue weighted by atomic mass is 10.2. The van der Waals surface area contributed by atoms with Gasteiger partial charge in [-0.05, 0) is 17.7 Å². The van der Waals surface area contributed by atoms with Gasteiger partial charge in [-0.3, -0.25) is 0 Å². The third-order valence-corrected chi connectivity index (χ3v) is 2.96. The van der Waals surface area contributed by atoms with Crippen molar-refractivity contribution in [1.29, 1.82) is 0 Å². The van der Waals surface area contributed by atoms with Crippen LogP contribution in [0.5, 0.6) is 5.75 Å². The van der Waals surface area contributed by atoms with E-state index in [4.69, 9.17) is 27.8 Å². The third kappa shape index (κ3) is 3.20. The number of ether oxygens (including phenoxy) is 1. The van der Waals surface area contributed by atoms with Gasteiger partial charge in [-0.25, -0.2) is 4.98 Å². The molecule has 0 spiro atoms. The molecule has 0 fully saturated rings. The fourth-order valence-electron chi connectivity index (χ4n) is 1.63. The number of aromatic nitrogens is 1. The molecule has 0 aliphatic heterocycles. The highest BCUT2D eigenvalue weighted by atomic mass is 35.5. The fourth-order valence-corrected chi connectivity index (χ4v) is 1.83. The number of methoxy groups -OCH3 is 1. The number of pyridine rings is 1. The summed E-state index contributed by atoms with van der Waals surface area (Å²) in [6, 6.07) is 9.38. The first-order chi connectivity index (χ1) is 9.10. The Morgan fingerprint density at radius 3 is 2.58 bits per heavy atom. The molecule has 0 bridgehead atoms. The van der Waals surface area contributed by atoms with E-state index in [1.165, 1.54) is 0 Å². The van der Waals surface area contributed by atoms with E-state index < -0.39 is 0 Å². The quantitative estimate of drug-likeness (QED) is 0.748. The van der Waals surface area contributed by atoms with Crippen molar-refractivity contribution in [3.63, 3.8) is 0 Å². The van der Waals surface area contributed by atoms with Crippen molar-refractivity contribution in [1.82, 2.24) is 4.98 Å². The smallest absolute Gasteiger partial charge is 0.156 e. The van der Waals surface area contributed by atoms with Gasteiger partial charge in [-0.15, -0.1) is 0 Å². The van der Waals surface area contributed by atoms with Gasteiger partial charge in [0.2, 0.25) is 0 Å². The molecule has 0 saturated heterocycles. The van der Waals surface area contributed by atoms with Crippen molar-refractivity contribution in [2.45, 2.75) is 6.54 Å². The first-order valence-corrected chi connectivity index (χ1v) is 6.06. The van der Waals surface area contributed by atoms with Crippen LogP contribution in [0.2, 0.25) is 5.15 Å². The van der Waals surface area contributed by atoms with Crippen LogP contribution in [0.4, 0.5) is 17.2 Å². The molecule has 1 aromatic carbocycles. The number of halogens is 1. The van der Waals surface area contributed by atoms with E-state index in [2.05, 4.69) is 10.3 Å². The second kappa shape index (κ2) is 5.67. The molecule has 1 aromatic heterocycles. The van der Waals surface area contributed by atoms with Gasteiger partial charge < -0.3 is 21.5 Å². The number of nitrogens with one attached hydrogen (secondary N) is 1. The van der Waals surface area contributed by atoms with Gasteiger partial charge in [0.1, 0.15) is 11.6 Å². The summed E-state index contributed by atoms with van der Waals surface area (Å²) in [5.74, 6) is 1.15. The zero-order valence-corrected chi connectivity index (χ0v) is 11.2. The average molecular weight is 279 g/mol. The Balaban J connectivity index is 2.09. The highest BCUT2D eigenvalue weighted by Gasteiger charge is 2.06. The van der Waals surface area contributed by atoms with Crippen LogP contribution in [-0.4, -0.2) is 12.1 Å². The maximum absolute atomic E-state index is 5.87. The Bertz CT molecular complexity index is 572. The Morgan fingerprint density at radius 1 is 1.26 bits per heavy atom. The molecule has 0 radical (unpaired) electrons. The van der Waals surface area contributed by atoms with Crippen LogP contribution in [-0.2, 0) is 6.54 Å². The largest absolute Gasteiger partial charge is 0.497 e. The standard InChI is InChI=1S/C13H15ClN4O/c1-19-9-4-2-8(3-5-9)7-17-10-6-11(15)18-13(14)12(10)16/h2-6H,7,16H2,1H3,(H3,15,17,18). The van der Waals surface area contributed by atoms with Crippen molar-refractivity contribution in [3.05, 3.63) is 41.0 Å². The van der Waals surface area contributed by atoms with Crippen molar-refractivity contribution in [3.8, 4) is 5.75 Å². The van der Waals surface area contributed by atoms with Gasteiger partial charge >= 0.3 is 0 Å². The van der Waals surface area contributed by atoms with Crippen LogP contribution in [0.15, 0.2) is 30.3 Å². The highest BCUT2D eigenvalue weighted by molar-refractivity contribution is 6.32. The van der Waals surface area contributed by atoms with E-state index >= 15 is 0 Å². The summed E-state index contributed by atoms with van der Waals surface area (Å²) in [7, 11) is 1.63. The third-order valence-electron chi connectivity index (χ3n) is 2.67. The van der Waals surface area contributed by atoms with Crippen LogP contribution in [0.25, 0.3) is 0 Å². The van der Waals surface area contributed by atoms with E-state index in [0.29, 0.717) is 23.7 Å². The van der Waals surface area contributed by atoms with E-state index in [0.717, 1.165) is 11.3 Å². The first kappa shape index (κ1) is 13.3. The van der Waals surface area contributed by atoms with Crippen molar-refractivity contribution in [2.75, 3.05) is 23.9 Å². The molecule has 100 valence electrons. The molecule has 1 heterocycles. The summed E-state index contributed by atoms with van der Waals surface area (Å²) in [5, 5.41) is 3.38. The van der Waals surface area contributed by atoms with Gasteiger partial charge in [0.05, 0.1) is 18.5 Å². The van der Waals surface area contributed by atoms with Crippen LogP contribution in [0.1, 0.15) is 5.56 Å². The zero-order chi connectivity index (χ0) is 13.8. The molecule has 2 rings (SSSR count). The highest BCUT2D eigenvalue weighted by Crippen LogP contribution is 2.27. The normalized spacial score (nSPS) is 10.2. The Morgan fingerprint density at radius 2 is 1.95 bits per heavy atom. The van der Waals surface area contributed by atoms with Crippen LogP contribution < -0.4 is 21.5 Å². The number of hydrogen-bond donors (Lipinski definition) is 3. The lowest BCUT2D eigenvalue weighted by molar-refractivity contribution is 0.414. The summed E-state index contributed by atoms with van der Waals surface area (Å²) in [4.78, 5) is 3.87. The molecule has 0 aliphatic rings. The number of rotatable bonds is 4. The topological polar surface area (TPSA) is 86.2 Å². The maximum Gasteiger partial charge on any atom is 0.156 e. The van der Waals surface area contributed by atoms with Crippen LogP contribution >= 0.6 is 11.6 Å². The van der Waals surface area contributed by atoms with Gasteiger partial charge in [-0.2, -0.15) is 0 Å². The van der Waals surface area contributed by atoms with E-state index in [-0.39, 0.29) is 5.15 Å². The van der Waals surface area contributed by atoms with Crippen molar-refractivity contribution >= 4 is 28.8 Å². The second-order valence-electron chi connectivity index (χ2n) is 4.00. The average Bonchev–Trinajstić information content (AvgIpc) is 2.41. The predicted molar refractivity (Wildman–Crippen MR) is 78.4 cm³/mol. The number of nitrogens with two attached hydrogens (primary N) is 2. The van der Waals surface area contributed by atoms with Crippen LogP contribution in [0, 0.1) is 0 Å². The van der Waals surface area contributed by atoms with E-state index in [1.807, 2.05) is 24.3 Å². The van der Waals surface area contributed by atoms with Gasteiger partial charge in [0.25, 0.3) is 0 Å². The molecule has 5 nitrogen and oxygen atoms in total. The van der Waals surface area contributed by atoms with Gasteiger partial charge in [0.15, 0.2) is 5.15 Å². The molecule has 0 saturated carbocycles. The second-order valence-corrected chi connectivity index (χ2v) is 4.36. The van der Waals surface area contributed by atoms with E-state index in [9.17, 15) is 0 Å². The molecule has 2 aromatic rings. The SMILES string of the molecule is COc1ccc(CNc2cc(N)nc(Cl)c2N)cc1. The molecule has 0 amide bonds. The van der Waals surface area contributed by atoms with E-state index in [1.54, 1.807) is 13.2 Å². The summed E-state index contributed by atoms with van der Waals surface area (Å²) in [6.45, 7) is 0.605. The maximum atomic E-state index is 5.87. The van der Waals surface area contributed by atoms with Gasteiger partial charge in [-0.1, -0.05) is 23.7 Å². The molecule has 5 N–H and O–H groups in total. The molecule has 19 heavy (non-hydrogen) atoms. The Labute approximate surface area is 116 Å². The summed E-state index contributed by atoms with van der Waals surface area (Å²) in [6.07, 6.45) is 0. The minimum Gasteiger partial charge on any atom is -0.497 e. The predicted octanol–water partition coefficient (Wildman–Crippen LogP) is 2.52. The van der Waals surface area contributed by atoms with Gasteiger partial charge in [0, 0.05) is 12.6 Å². The zero-order valence-electron chi connectivity index (χ0n) is 10.5. The lowest BCUT2D eigenvalue weighted by Crippen LogP contribution is -2.05. The number of nitrogens with zero attached hydrogens (tertiary/aromatic N) is 1. The monoisotopic (exact) mass is 278 g/mol. The molecular weight excluding hydrogens is 264 g/mol. The number of hydrogen-bond acceptors (Lipinski definition) is 5. The molecule has 0 unspecified atom stereocenters. The fraction of sp³-hybridized carbons (Fsp3) is 0.154. The number of anilines is 3. The summed E-state index contributed by atoms with van der Waals surface area (Å²) >= 11 is 5.87. The summed E-state index contributed by atoms with van der Waals surface area (Å²) < 4.78 is 5.10. The summed E-state index contributed by atoms with van der Waals surface area (Å²) in [5.41, 5.74) is 13.6. The Kier molecular flexibility index (Phi) is 3.97. The van der Waals surface area contributed by atoms with Crippen molar-refractivity contribution < 1.29 is 4.74 Å².